The van der Waals surface area contributed by atoms with Crippen LogP contribution < -0.4 is 14.2 Å². The van der Waals surface area contributed by atoms with Gasteiger partial charge in [-0.3, -0.25) is 9.29 Å². The lowest BCUT2D eigenvalue weighted by atomic mass is 10.1. The van der Waals surface area contributed by atoms with Gasteiger partial charge < -0.3 is 14.2 Å². The van der Waals surface area contributed by atoms with Crippen LogP contribution in [-0.4, -0.2) is 65.3 Å². The first-order valence-electron chi connectivity index (χ1n) is 11.9. The number of anilines is 1. The van der Waals surface area contributed by atoms with Gasteiger partial charge in [-0.2, -0.15) is 0 Å². The summed E-state index contributed by atoms with van der Waals surface area (Å²) in [5, 5.41) is 7.92. The van der Waals surface area contributed by atoms with E-state index in [1.54, 1.807) is 36.6 Å². The van der Waals surface area contributed by atoms with Crippen molar-refractivity contribution in [3.8, 4) is 17.2 Å². The maximum absolute atomic E-state index is 13.5. The monoisotopic (exact) mass is 552 g/mol. The van der Waals surface area contributed by atoms with E-state index in [9.17, 15) is 8.42 Å². The molecule has 3 atom stereocenters. The fraction of sp³-hybridized carbons (Fsp3) is 0.500. The van der Waals surface area contributed by atoms with E-state index in [4.69, 9.17) is 25.8 Å². The molecule has 0 bridgehead atoms. The standard InChI is InChI=1S/C24H33ClN6O5S/c1-7-15(2)36-12-11-21-28-29-24(31(21)22-19(34-5)9-8-10-20(22)35-6)30-37(32,33)17(4)16(3)23-26-13-18(25)14-27-23/h8-10,13-17H,7,11-12H2,1-6H3,(H,29,30)/t15-,16+,17+/m1/s1. The molecule has 1 N–H and O–H groups in total. The Morgan fingerprint density at radius 1 is 1.05 bits per heavy atom. The van der Waals surface area contributed by atoms with Crippen LogP contribution in [0.15, 0.2) is 30.6 Å². The summed E-state index contributed by atoms with van der Waals surface area (Å²) in [6.45, 7) is 7.71. The number of hydrogen-bond donors (Lipinski definition) is 1. The van der Waals surface area contributed by atoms with Gasteiger partial charge in [-0.1, -0.05) is 31.5 Å². The summed E-state index contributed by atoms with van der Waals surface area (Å²) >= 11 is 5.88. The minimum atomic E-state index is -3.96. The number of para-hydroxylation sites is 1. The smallest absolute Gasteiger partial charge is 0.243 e. The fourth-order valence-corrected chi connectivity index (χ4v) is 4.89. The molecule has 0 saturated carbocycles. The van der Waals surface area contributed by atoms with Crippen LogP contribution in [0.3, 0.4) is 0 Å². The maximum Gasteiger partial charge on any atom is 0.243 e. The van der Waals surface area contributed by atoms with E-state index in [1.165, 1.54) is 26.6 Å². The van der Waals surface area contributed by atoms with Crippen molar-refractivity contribution in [1.29, 1.82) is 0 Å². The predicted molar refractivity (Wildman–Crippen MR) is 141 cm³/mol. The van der Waals surface area contributed by atoms with Crippen molar-refractivity contribution in [3.63, 3.8) is 0 Å². The van der Waals surface area contributed by atoms with Crippen LogP contribution in [0.4, 0.5) is 5.95 Å². The van der Waals surface area contributed by atoms with Crippen LogP contribution in [0.1, 0.15) is 51.7 Å². The minimum absolute atomic E-state index is 0.00239. The van der Waals surface area contributed by atoms with Gasteiger partial charge in [-0.05, 0) is 32.4 Å². The molecule has 0 fully saturated rings. The molecule has 0 aliphatic carbocycles. The SMILES string of the molecule is CC[C@@H](C)OCCc1nnc(NS(=O)(=O)[C@@H](C)[C@H](C)c2ncc(Cl)cn2)n1-c1c(OC)cccc1OC. The Balaban J connectivity index is 2.01. The first kappa shape index (κ1) is 28.6. The van der Waals surface area contributed by atoms with Crippen LogP contribution >= 0.6 is 11.6 Å². The number of ether oxygens (including phenoxy) is 3. The van der Waals surface area contributed by atoms with Crippen molar-refractivity contribution in [1.82, 2.24) is 24.7 Å². The van der Waals surface area contributed by atoms with Gasteiger partial charge in [0.05, 0.1) is 37.2 Å². The van der Waals surface area contributed by atoms with E-state index < -0.39 is 21.2 Å². The third-order valence-electron chi connectivity index (χ3n) is 6.13. The molecule has 0 spiro atoms. The average molecular weight is 553 g/mol. The number of sulfonamides is 1. The van der Waals surface area contributed by atoms with Gasteiger partial charge in [-0.15, -0.1) is 10.2 Å². The molecule has 2 heterocycles. The lowest BCUT2D eigenvalue weighted by Gasteiger charge is -2.21. The van der Waals surface area contributed by atoms with Gasteiger partial charge >= 0.3 is 0 Å². The average Bonchev–Trinajstić information content (AvgIpc) is 3.28. The van der Waals surface area contributed by atoms with Crippen molar-refractivity contribution in [3.05, 3.63) is 47.3 Å². The molecule has 2 aromatic heterocycles. The van der Waals surface area contributed by atoms with Crippen molar-refractivity contribution in [2.45, 2.75) is 57.8 Å². The lowest BCUT2D eigenvalue weighted by Crippen LogP contribution is -2.31. The number of aromatic nitrogens is 5. The largest absolute Gasteiger partial charge is 0.494 e. The predicted octanol–water partition coefficient (Wildman–Crippen LogP) is 4.02. The summed E-state index contributed by atoms with van der Waals surface area (Å²) in [5.74, 6) is 1.22. The molecular weight excluding hydrogens is 520 g/mol. The highest BCUT2D eigenvalue weighted by atomic mass is 35.5. The van der Waals surface area contributed by atoms with Crippen molar-refractivity contribution >= 4 is 27.6 Å². The maximum atomic E-state index is 13.5. The second-order valence-corrected chi connectivity index (χ2v) is 11.0. The minimum Gasteiger partial charge on any atom is -0.494 e. The van der Waals surface area contributed by atoms with Gasteiger partial charge in [0.15, 0.2) is 0 Å². The molecule has 11 nitrogen and oxygen atoms in total. The third-order valence-corrected chi connectivity index (χ3v) is 8.18. The number of nitrogens with one attached hydrogen (secondary N) is 1. The molecule has 13 heteroatoms. The number of rotatable bonds is 13. The molecule has 0 unspecified atom stereocenters. The van der Waals surface area contributed by atoms with Crippen molar-refractivity contribution in [2.24, 2.45) is 0 Å². The number of nitrogens with zero attached hydrogens (tertiary/aromatic N) is 5. The number of hydrogen-bond acceptors (Lipinski definition) is 9. The van der Waals surface area contributed by atoms with Gasteiger partial charge in [-0.25, -0.2) is 18.4 Å². The topological polar surface area (TPSA) is 130 Å². The fourth-order valence-electron chi connectivity index (χ4n) is 3.56. The van der Waals surface area contributed by atoms with Gasteiger partial charge in [0, 0.05) is 24.7 Å². The quantitative estimate of drug-likeness (QED) is 0.334. The second kappa shape index (κ2) is 12.5. The third kappa shape index (κ3) is 6.68. The molecule has 3 rings (SSSR count). The molecule has 0 aliphatic heterocycles. The highest BCUT2D eigenvalue weighted by Crippen LogP contribution is 2.36. The second-order valence-electron chi connectivity index (χ2n) is 8.53. The normalized spacial score (nSPS) is 14.1. The Hall–Kier alpha value is -2.96. The van der Waals surface area contributed by atoms with E-state index in [2.05, 4.69) is 24.9 Å². The molecular formula is C24H33ClN6O5S. The Morgan fingerprint density at radius 2 is 1.68 bits per heavy atom. The Bertz CT molecular complexity index is 1260. The van der Waals surface area contributed by atoms with Gasteiger partial charge in [0.25, 0.3) is 0 Å². The Kier molecular flexibility index (Phi) is 9.68. The van der Waals surface area contributed by atoms with Crippen LogP contribution in [0.5, 0.6) is 11.5 Å². The first-order chi connectivity index (χ1) is 17.6. The number of methoxy groups -OCH3 is 2. The number of halogens is 1. The van der Waals surface area contributed by atoms with Crippen LogP contribution in [0.25, 0.3) is 5.69 Å². The summed E-state index contributed by atoms with van der Waals surface area (Å²) < 4.78 is 48.1. The molecule has 0 saturated heterocycles. The van der Waals surface area contributed by atoms with E-state index in [0.29, 0.717) is 46.9 Å². The summed E-state index contributed by atoms with van der Waals surface area (Å²) in [6.07, 6.45) is 4.19. The zero-order chi connectivity index (χ0) is 27.2. The molecule has 1 aromatic carbocycles. The summed E-state index contributed by atoms with van der Waals surface area (Å²) in [7, 11) is -0.920. The molecule has 0 aliphatic rings. The summed E-state index contributed by atoms with van der Waals surface area (Å²) in [4.78, 5) is 8.35. The zero-order valence-electron chi connectivity index (χ0n) is 21.8. The Labute approximate surface area is 222 Å². The molecule has 0 radical (unpaired) electrons. The molecule has 202 valence electrons. The van der Waals surface area contributed by atoms with Gasteiger partial charge in [0.1, 0.15) is 28.8 Å². The zero-order valence-corrected chi connectivity index (χ0v) is 23.4. The van der Waals surface area contributed by atoms with E-state index in [1.807, 2.05) is 13.8 Å². The lowest BCUT2D eigenvalue weighted by molar-refractivity contribution is 0.0649. The van der Waals surface area contributed by atoms with Crippen LogP contribution in [-0.2, 0) is 21.2 Å². The Morgan fingerprint density at radius 3 is 2.24 bits per heavy atom. The molecule has 37 heavy (non-hydrogen) atoms. The summed E-state index contributed by atoms with van der Waals surface area (Å²) in [6, 6.07) is 5.27. The summed E-state index contributed by atoms with van der Waals surface area (Å²) in [5.41, 5.74) is 0.468. The highest BCUT2D eigenvalue weighted by molar-refractivity contribution is 7.93. The molecule has 3 aromatic rings. The highest BCUT2D eigenvalue weighted by Gasteiger charge is 2.32. The van der Waals surface area contributed by atoms with Crippen LogP contribution in [0.2, 0.25) is 5.02 Å². The molecule has 0 amide bonds. The van der Waals surface area contributed by atoms with E-state index in [0.717, 1.165) is 6.42 Å². The first-order valence-corrected chi connectivity index (χ1v) is 13.8. The van der Waals surface area contributed by atoms with E-state index >= 15 is 0 Å². The van der Waals surface area contributed by atoms with E-state index in [-0.39, 0.29) is 12.1 Å². The number of benzene rings is 1. The van der Waals surface area contributed by atoms with Crippen LogP contribution in [0, 0.1) is 0 Å². The van der Waals surface area contributed by atoms with Gasteiger partial charge in [0.2, 0.25) is 16.0 Å². The van der Waals surface area contributed by atoms with Crippen molar-refractivity contribution in [2.75, 3.05) is 25.5 Å². The van der Waals surface area contributed by atoms with Crippen molar-refractivity contribution < 1.29 is 22.6 Å².